The molecule has 1 aromatic carbocycles. The number of ether oxygens (including phenoxy) is 1. The van der Waals surface area contributed by atoms with Crippen molar-refractivity contribution in [3.05, 3.63) is 24.3 Å². The van der Waals surface area contributed by atoms with Gasteiger partial charge in [0, 0.05) is 12.7 Å². The predicted octanol–water partition coefficient (Wildman–Crippen LogP) is 2.52. The van der Waals surface area contributed by atoms with Crippen LogP contribution in [0.3, 0.4) is 0 Å². The van der Waals surface area contributed by atoms with Crippen LogP contribution in [0, 0.1) is 0 Å². The lowest BCUT2D eigenvalue weighted by Crippen LogP contribution is -2.42. The van der Waals surface area contributed by atoms with E-state index in [4.69, 9.17) is 5.11 Å². The minimum atomic E-state index is -4.79. The number of urea groups is 1. The normalized spacial score (nSPS) is 12.4. The third-order valence-corrected chi connectivity index (χ3v) is 2.60. The summed E-state index contributed by atoms with van der Waals surface area (Å²) in [6.45, 7) is 1.32. The smallest absolute Gasteiger partial charge is 0.480 e. The van der Waals surface area contributed by atoms with Gasteiger partial charge in [-0.3, -0.25) is 0 Å². The van der Waals surface area contributed by atoms with E-state index in [0.717, 1.165) is 17.0 Å². The molecule has 6 nitrogen and oxygen atoms in total. The van der Waals surface area contributed by atoms with Crippen molar-refractivity contribution in [2.75, 3.05) is 12.4 Å². The Morgan fingerprint density at radius 1 is 1.29 bits per heavy atom. The molecule has 0 saturated heterocycles. The fourth-order valence-electron chi connectivity index (χ4n) is 1.29. The van der Waals surface area contributed by atoms with Gasteiger partial charge < -0.3 is 20.1 Å². The van der Waals surface area contributed by atoms with E-state index in [0.29, 0.717) is 0 Å². The lowest BCUT2D eigenvalue weighted by Gasteiger charge is -2.21. The highest BCUT2D eigenvalue weighted by Gasteiger charge is 2.31. The Bertz CT molecular complexity index is 516. The van der Waals surface area contributed by atoms with Gasteiger partial charge in [0.15, 0.2) is 0 Å². The van der Waals surface area contributed by atoms with Crippen LogP contribution in [0.25, 0.3) is 0 Å². The summed E-state index contributed by atoms with van der Waals surface area (Å²) >= 11 is 0. The summed E-state index contributed by atoms with van der Waals surface area (Å²) in [4.78, 5) is 23.4. The van der Waals surface area contributed by atoms with E-state index < -0.39 is 30.2 Å². The third kappa shape index (κ3) is 5.21. The summed E-state index contributed by atoms with van der Waals surface area (Å²) in [5, 5.41) is 11.1. The number of likely N-dealkylation sites (N-methyl/N-ethyl adjacent to an activating group) is 1. The van der Waals surface area contributed by atoms with Crippen LogP contribution in [0.5, 0.6) is 5.75 Å². The number of alkyl halides is 3. The van der Waals surface area contributed by atoms with Crippen LogP contribution >= 0.6 is 0 Å². The van der Waals surface area contributed by atoms with Crippen molar-refractivity contribution < 1.29 is 32.6 Å². The van der Waals surface area contributed by atoms with Crippen molar-refractivity contribution in [1.29, 1.82) is 0 Å². The summed E-state index contributed by atoms with van der Waals surface area (Å²) in [5.41, 5.74) is 0.207. The molecular formula is C12H13F3N2O4. The van der Waals surface area contributed by atoms with Gasteiger partial charge in [-0.2, -0.15) is 0 Å². The zero-order chi connectivity index (χ0) is 16.2. The van der Waals surface area contributed by atoms with Crippen molar-refractivity contribution in [1.82, 2.24) is 4.90 Å². The number of anilines is 1. The Labute approximate surface area is 118 Å². The van der Waals surface area contributed by atoms with E-state index in [-0.39, 0.29) is 5.69 Å². The number of benzene rings is 1. The number of carbonyl (C=O) groups excluding carboxylic acids is 1. The highest BCUT2D eigenvalue weighted by Crippen LogP contribution is 2.24. The number of carboxylic acids is 1. The quantitative estimate of drug-likeness (QED) is 0.896. The lowest BCUT2D eigenvalue weighted by molar-refractivity contribution is -0.274. The zero-order valence-corrected chi connectivity index (χ0v) is 11.1. The number of amides is 2. The maximum atomic E-state index is 12.0. The molecule has 0 aliphatic heterocycles. The number of hydrogen-bond acceptors (Lipinski definition) is 3. The van der Waals surface area contributed by atoms with Crippen LogP contribution in [0.1, 0.15) is 6.92 Å². The van der Waals surface area contributed by atoms with Crippen molar-refractivity contribution >= 4 is 17.7 Å². The summed E-state index contributed by atoms with van der Waals surface area (Å²) in [7, 11) is 1.29. The van der Waals surface area contributed by atoms with E-state index in [1.54, 1.807) is 0 Å². The van der Waals surface area contributed by atoms with Gasteiger partial charge in [0.25, 0.3) is 0 Å². The average Bonchev–Trinajstić information content (AvgIpc) is 2.37. The average molecular weight is 306 g/mol. The number of nitrogens with zero attached hydrogens (tertiary/aromatic N) is 1. The van der Waals surface area contributed by atoms with Crippen molar-refractivity contribution in [2.24, 2.45) is 0 Å². The van der Waals surface area contributed by atoms with Crippen LogP contribution in [0.4, 0.5) is 23.7 Å². The van der Waals surface area contributed by atoms with E-state index in [2.05, 4.69) is 10.1 Å². The minimum Gasteiger partial charge on any atom is -0.480 e. The molecular weight excluding hydrogens is 293 g/mol. The van der Waals surface area contributed by atoms with E-state index in [1.165, 1.54) is 26.1 Å². The Hall–Kier alpha value is -2.45. The second-order valence-corrected chi connectivity index (χ2v) is 4.13. The van der Waals surface area contributed by atoms with Crippen LogP contribution in [-0.2, 0) is 4.79 Å². The van der Waals surface area contributed by atoms with Gasteiger partial charge in [0.05, 0.1) is 0 Å². The first-order valence-corrected chi connectivity index (χ1v) is 5.72. The van der Waals surface area contributed by atoms with Gasteiger partial charge in [0.1, 0.15) is 11.8 Å². The maximum absolute atomic E-state index is 12.0. The number of carbonyl (C=O) groups is 2. The number of halogens is 3. The SMILES string of the molecule is CC(C(=O)O)N(C)C(=O)Nc1ccc(OC(F)(F)F)cc1. The van der Waals surface area contributed by atoms with Crippen LogP contribution in [0.15, 0.2) is 24.3 Å². The molecule has 116 valence electrons. The molecule has 0 aliphatic carbocycles. The molecule has 2 N–H and O–H groups in total. The standard InChI is InChI=1S/C12H13F3N2O4/c1-7(10(18)19)17(2)11(20)16-8-3-5-9(6-4-8)21-12(13,14)15/h3-7H,1-2H3,(H,16,20)(H,18,19). The van der Waals surface area contributed by atoms with Gasteiger partial charge in [-0.1, -0.05) is 0 Å². The van der Waals surface area contributed by atoms with Crippen LogP contribution in [-0.4, -0.2) is 41.5 Å². The molecule has 9 heteroatoms. The molecule has 1 unspecified atom stereocenters. The van der Waals surface area contributed by atoms with Crippen molar-refractivity contribution in [3.63, 3.8) is 0 Å². The number of rotatable bonds is 4. The Balaban J connectivity index is 2.67. The fraction of sp³-hybridized carbons (Fsp3) is 0.333. The lowest BCUT2D eigenvalue weighted by atomic mass is 10.3. The summed E-state index contributed by atoms with van der Waals surface area (Å²) in [6, 6.07) is 2.73. The number of hydrogen-bond donors (Lipinski definition) is 2. The van der Waals surface area contributed by atoms with Crippen molar-refractivity contribution in [3.8, 4) is 5.75 Å². The van der Waals surface area contributed by atoms with Gasteiger partial charge in [0.2, 0.25) is 0 Å². The molecule has 0 fully saturated rings. The molecule has 0 aromatic heterocycles. The molecule has 1 atom stereocenters. The molecule has 0 aliphatic rings. The van der Waals surface area contributed by atoms with E-state index in [1.807, 2.05) is 0 Å². The topological polar surface area (TPSA) is 78.9 Å². The molecule has 1 aromatic rings. The zero-order valence-electron chi connectivity index (χ0n) is 11.1. The summed E-state index contributed by atoms with van der Waals surface area (Å²) in [6.07, 6.45) is -4.79. The largest absolute Gasteiger partial charge is 0.573 e. The fourth-order valence-corrected chi connectivity index (χ4v) is 1.29. The maximum Gasteiger partial charge on any atom is 0.573 e. The van der Waals surface area contributed by atoms with Gasteiger partial charge in [-0.05, 0) is 31.2 Å². The van der Waals surface area contributed by atoms with Crippen molar-refractivity contribution in [2.45, 2.75) is 19.3 Å². The van der Waals surface area contributed by atoms with Gasteiger partial charge >= 0.3 is 18.4 Å². The second-order valence-electron chi connectivity index (χ2n) is 4.13. The third-order valence-electron chi connectivity index (χ3n) is 2.60. The van der Waals surface area contributed by atoms with Gasteiger partial charge in [-0.25, -0.2) is 9.59 Å². The highest BCUT2D eigenvalue weighted by atomic mass is 19.4. The summed E-state index contributed by atoms with van der Waals surface area (Å²) < 4.78 is 39.6. The molecule has 0 saturated carbocycles. The molecule has 21 heavy (non-hydrogen) atoms. The molecule has 0 radical (unpaired) electrons. The Kier molecular flexibility index (Phi) is 5.01. The summed E-state index contributed by atoms with van der Waals surface area (Å²) in [5.74, 6) is -1.60. The molecule has 2 amide bonds. The predicted molar refractivity (Wildman–Crippen MR) is 67.0 cm³/mol. The first-order chi connectivity index (χ1) is 9.60. The number of nitrogens with one attached hydrogen (secondary N) is 1. The van der Waals surface area contributed by atoms with E-state index >= 15 is 0 Å². The van der Waals surface area contributed by atoms with E-state index in [9.17, 15) is 22.8 Å². The monoisotopic (exact) mass is 306 g/mol. The first kappa shape index (κ1) is 16.6. The Morgan fingerprint density at radius 3 is 2.24 bits per heavy atom. The second kappa shape index (κ2) is 6.33. The molecule has 0 spiro atoms. The van der Waals surface area contributed by atoms with Crippen LogP contribution < -0.4 is 10.1 Å². The molecule has 0 heterocycles. The highest BCUT2D eigenvalue weighted by molar-refractivity contribution is 5.92. The van der Waals surface area contributed by atoms with Gasteiger partial charge in [-0.15, -0.1) is 13.2 Å². The molecule has 0 bridgehead atoms. The number of carboxylic acid groups (broad SMARTS) is 1. The van der Waals surface area contributed by atoms with Crippen LogP contribution in [0.2, 0.25) is 0 Å². The first-order valence-electron chi connectivity index (χ1n) is 5.72. The Morgan fingerprint density at radius 2 is 1.81 bits per heavy atom. The minimum absolute atomic E-state index is 0.207. The molecule has 1 rings (SSSR count). The number of aliphatic carboxylic acids is 1.